The van der Waals surface area contributed by atoms with Crippen molar-refractivity contribution in [1.29, 1.82) is 0 Å². The van der Waals surface area contributed by atoms with Gasteiger partial charge in [0.2, 0.25) is 0 Å². The van der Waals surface area contributed by atoms with Crippen LogP contribution in [-0.4, -0.2) is 0 Å². The van der Waals surface area contributed by atoms with Crippen molar-refractivity contribution < 1.29 is 8.83 Å². The van der Waals surface area contributed by atoms with Crippen LogP contribution in [0.25, 0.3) is 111 Å². The molecule has 0 bridgehead atoms. The van der Waals surface area contributed by atoms with Gasteiger partial charge in [-0.25, -0.2) is 0 Å². The van der Waals surface area contributed by atoms with Gasteiger partial charge in [0.25, 0.3) is 0 Å². The molecule has 0 unspecified atom stereocenters. The van der Waals surface area contributed by atoms with Crippen molar-refractivity contribution in [2.24, 2.45) is 0 Å². The van der Waals surface area contributed by atoms with Gasteiger partial charge in [-0.05, 0) is 179 Å². The van der Waals surface area contributed by atoms with E-state index in [-0.39, 0.29) is 21.7 Å². The van der Waals surface area contributed by atoms with Gasteiger partial charge in [-0.3, -0.25) is 0 Å². The minimum atomic E-state index is -0.306. The third-order valence-corrected chi connectivity index (χ3v) is 19.8. The first-order valence-corrected chi connectivity index (χ1v) is 28.8. The van der Waals surface area contributed by atoms with Crippen molar-refractivity contribution in [3.63, 3.8) is 0 Å². The van der Waals surface area contributed by atoms with Gasteiger partial charge in [-0.2, -0.15) is 0 Å². The second kappa shape index (κ2) is 15.8. The quantitative estimate of drug-likeness (QED) is 0.172. The fourth-order valence-corrected chi connectivity index (χ4v) is 15.5. The number of nitrogens with zero attached hydrogens (tertiary/aromatic N) is 1. The van der Waals surface area contributed by atoms with Gasteiger partial charge in [0.1, 0.15) is 22.3 Å². The van der Waals surface area contributed by atoms with Gasteiger partial charge >= 0.3 is 0 Å². The SMILES string of the molecule is CC1(C)c2cc(N(c3cc(-c4ccccc4)cc(-c4ccccc4)c3)c3ccc4c(c3)C(C)(C)c3cc5c(cc3-4)C(C)(C)c3ccc4c(oc6ccccc64)c3-5)ccc2-c2cc3c(cc21)-c1c(ccc2c1oc1ccccc12)C3(C)C. The summed E-state index contributed by atoms with van der Waals surface area (Å²) in [4.78, 5) is 2.53. The predicted octanol–water partition coefficient (Wildman–Crippen LogP) is 21.5. The minimum absolute atomic E-state index is 0.209. The third-order valence-electron chi connectivity index (χ3n) is 19.8. The van der Waals surface area contributed by atoms with Gasteiger partial charge in [0.05, 0.1) is 0 Å². The number of hydrogen-bond acceptors (Lipinski definition) is 3. The molecule has 0 saturated heterocycles. The van der Waals surface area contributed by atoms with Crippen LogP contribution in [0, 0.1) is 0 Å². The predicted molar refractivity (Wildman–Crippen MR) is 337 cm³/mol. The normalized spacial score (nSPS) is 15.8. The van der Waals surface area contributed by atoms with Crippen molar-refractivity contribution in [2.75, 3.05) is 4.90 Å². The molecule has 0 atom stereocenters. The van der Waals surface area contributed by atoms with E-state index in [1.807, 2.05) is 0 Å². The number of rotatable bonds is 5. The molecule has 81 heavy (non-hydrogen) atoms. The maximum absolute atomic E-state index is 6.79. The molecule has 0 saturated carbocycles. The van der Waals surface area contributed by atoms with E-state index in [2.05, 4.69) is 273 Å². The minimum Gasteiger partial charge on any atom is -0.455 e. The van der Waals surface area contributed by atoms with Crippen LogP contribution in [-0.2, 0) is 21.7 Å². The third kappa shape index (κ3) is 6.19. The molecule has 0 amide bonds. The highest BCUT2D eigenvalue weighted by Gasteiger charge is 2.45. The summed E-state index contributed by atoms with van der Waals surface area (Å²) in [6.07, 6.45) is 0. The van der Waals surface area contributed by atoms with E-state index >= 15 is 0 Å². The Morgan fingerprint density at radius 3 is 1.07 bits per heavy atom. The molecule has 3 nitrogen and oxygen atoms in total. The van der Waals surface area contributed by atoms with Crippen LogP contribution in [0.5, 0.6) is 0 Å². The summed E-state index contributed by atoms with van der Waals surface area (Å²) in [6.45, 7) is 19.2. The van der Waals surface area contributed by atoms with E-state index in [4.69, 9.17) is 8.83 Å². The topological polar surface area (TPSA) is 29.5 Å². The van der Waals surface area contributed by atoms with Gasteiger partial charge in [0, 0.05) is 71.4 Å². The van der Waals surface area contributed by atoms with Crippen LogP contribution < -0.4 is 4.90 Å². The summed E-state index contributed by atoms with van der Waals surface area (Å²) < 4.78 is 13.6. The Kier molecular flexibility index (Phi) is 9.11. The highest BCUT2D eigenvalue weighted by atomic mass is 16.3. The first kappa shape index (κ1) is 46.7. The molecule has 0 spiro atoms. The lowest BCUT2D eigenvalue weighted by atomic mass is 9.79. The largest absolute Gasteiger partial charge is 0.455 e. The van der Waals surface area contributed by atoms with Crippen LogP contribution in [0.2, 0.25) is 0 Å². The Morgan fingerprint density at radius 1 is 0.259 bits per heavy atom. The zero-order valence-electron chi connectivity index (χ0n) is 47.0. The highest BCUT2D eigenvalue weighted by Crippen LogP contribution is 2.61. The Labute approximate surface area is 472 Å². The molecular weight excluding hydrogens is 983 g/mol. The molecule has 0 N–H and O–H groups in total. The van der Waals surface area contributed by atoms with Crippen molar-refractivity contribution in [2.45, 2.75) is 77.0 Å². The summed E-state index contributed by atoms with van der Waals surface area (Å²) in [7, 11) is 0. The molecule has 2 heterocycles. The maximum Gasteiger partial charge on any atom is 0.143 e. The average molecular weight is 1040 g/mol. The number of hydrogen-bond donors (Lipinski definition) is 0. The van der Waals surface area contributed by atoms with Crippen LogP contribution in [0.1, 0.15) is 99.9 Å². The van der Waals surface area contributed by atoms with E-state index in [9.17, 15) is 0 Å². The first-order chi connectivity index (χ1) is 39.2. The van der Waals surface area contributed by atoms with Gasteiger partial charge in [-0.1, -0.05) is 189 Å². The second-order valence-corrected chi connectivity index (χ2v) is 25.6. The van der Waals surface area contributed by atoms with Crippen molar-refractivity contribution >= 4 is 60.9 Å². The average Bonchev–Trinajstić information content (AvgIpc) is 2.17. The zero-order chi connectivity index (χ0) is 54.6. The number of fused-ring (bicyclic) bond motifs is 20. The van der Waals surface area contributed by atoms with E-state index < -0.39 is 0 Å². The molecular formula is C78H59NO2. The maximum atomic E-state index is 6.79. The fourth-order valence-electron chi connectivity index (χ4n) is 15.5. The Hall–Kier alpha value is -9.18. The Morgan fingerprint density at radius 2 is 0.630 bits per heavy atom. The second-order valence-electron chi connectivity index (χ2n) is 25.6. The molecule has 0 radical (unpaired) electrons. The zero-order valence-corrected chi connectivity index (χ0v) is 47.0. The van der Waals surface area contributed by atoms with E-state index in [0.717, 1.165) is 50.2 Å². The molecule has 4 aliphatic carbocycles. The molecule has 0 fully saturated rings. The van der Waals surface area contributed by atoms with Crippen LogP contribution >= 0.6 is 0 Å². The number of furan rings is 2. The number of benzene rings is 11. The fraction of sp³-hybridized carbons (Fsp3) is 0.154. The Balaban J connectivity index is 0.845. The van der Waals surface area contributed by atoms with E-state index in [0.29, 0.717) is 0 Å². The summed E-state index contributed by atoms with van der Waals surface area (Å²) in [5.41, 5.74) is 31.9. The van der Waals surface area contributed by atoms with Crippen LogP contribution in [0.4, 0.5) is 17.1 Å². The molecule has 3 heteroatoms. The molecule has 17 rings (SSSR count). The lowest BCUT2D eigenvalue weighted by molar-refractivity contribution is 0.649. The summed E-state index contributed by atoms with van der Waals surface area (Å²) in [6, 6.07) is 79.7. The molecule has 388 valence electrons. The van der Waals surface area contributed by atoms with Gasteiger partial charge in [0.15, 0.2) is 0 Å². The van der Waals surface area contributed by atoms with Crippen molar-refractivity contribution in [3.05, 3.63) is 257 Å². The lowest BCUT2D eigenvalue weighted by Crippen LogP contribution is -2.18. The van der Waals surface area contributed by atoms with E-state index in [1.54, 1.807) is 0 Å². The smallest absolute Gasteiger partial charge is 0.143 e. The summed E-state index contributed by atoms with van der Waals surface area (Å²) in [5.74, 6) is 0. The molecule has 13 aromatic rings. The monoisotopic (exact) mass is 1040 g/mol. The van der Waals surface area contributed by atoms with Gasteiger partial charge in [-0.15, -0.1) is 0 Å². The molecule has 11 aromatic carbocycles. The molecule has 4 aliphatic rings. The number of anilines is 3. The summed E-state index contributed by atoms with van der Waals surface area (Å²) in [5, 5.41) is 4.68. The van der Waals surface area contributed by atoms with Crippen LogP contribution in [0.15, 0.2) is 221 Å². The number of para-hydroxylation sites is 2. The van der Waals surface area contributed by atoms with E-state index in [1.165, 1.54) is 122 Å². The van der Waals surface area contributed by atoms with Gasteiger partial charge < -0.3 is 13.7 Å². The lowest BCUT2D eigenvalue weighted by Gasteiger charge is -2.30. The highest BCUT2D eigenvalue weighted by molar-refractivity contribution is 6.14. The van der Waals surface area contributed by atoms with Crippen LogP contribution in [0.3, 0.4) is 0 Å². The molecule has 0 aliphatic heterocycles. The standard InChI is InChI=1S/C78H59NO2/c1-75(2)61-33-31-55-53-23-15-17-25-69(53)80-73(55)71(61)59-42-65-57(40-67(59)75)51-29-27-48(38-63(51)77(65,5)6)79(50-36-46(44-19-11-9-12-20-44)35-47(37-50)45-21-13-10-14-22-45)49-28-30-52-58-41-68-60(43-66(58)78(7,8)64(52)39-49)72-62(76(68,3)4)34-32-56-54-24-16-18-26-70(54)81-74(56)72/h9-43H,1-8H3. The van der Waals surface area contributed by atoms with Crippen molar-refractivity contribution in [1.82, 2.24) is 0 Å². The van der Waals surface area contributed by atoms with Crippen molar-refractivity contribution in [3.8, 4) is 66.8 Å². The summed E-state index contributed by atoms with van der Waals surface area (Å²) >= 11 is 0. The molecule has 2 aromatic heterocycles. The first-order valence-electron chi connectivity index (χ1n) is 28.8. The Bertz CT molecular complexity index is 4620.